The summed E-state index contributed by atoms with van der Waals surface area (Å²) in [4.78, 5) is 14.2. The Morgan fingerprint density at radius 3 is 2.37 bits per heavy atom. The Hall–Kier alpha value is -3.46. The van der Waals surface area contributed by atoms with Gasteiger partial charge in [-0.05, 0) is 43.3 Å². The van der Waals surface area contributed by atoms with Gasteiger partial charge < -0.3 is 4.74 Å². The summed E-state index contributed by atoms with van der Waals surface area (Å²) in [6.07, 6.45) is 1.39. The van der Waals surface area contributed by atoms with Crippen LogP contribution in [0, 0.1) is 17.0 Å². The minimum atomic E-state index is -3.93. The second kappa shape index (κ2) is 7.42. The molecule has 0 atom stereocenters. The number of aryl methyl sites for hydroxylation is 1. The zero-order chi connectivity index (χ0) is 19.4. The number of anilines is 1. The Morgan fingerprint density at radius 1 is 1.04 bits per heavy atom. The van der Waals surface area contributed by atoms with Crippen LogP contribution in [0.25, 0.3) is 0 Å². The normalized spacial score (nSPS) is 11.0. The predicted octanol–water partition coefficient (Wildman–Crippen LogP) is 3.89. The van der Waals surface area contributed by atoms with Crippen molar-refractivity contribution in [2.45, 2.75) is 11.8 Å². The highest BCUT2D eigenvalue weighted by molar-refractivity contribution is 7.92. The van der Waals surface area contributed by atoms with Crippen LogP contribution in [0.15, 0.2) is 71.8 Å². The van der Waals surface area contributed by atoms with E-state index in [-0.39, 0.29) is 22.0 Å². The zero-order valence-corrected chi connectivity index (χ0v) is 15.0. The fourth-order valence-corrected chi connectivity index (χ4v) is 3.42. The van der Waals surface area contributed by atoms with Gasteiger partial charge in [0.05, 0.1) is 16.0 Å². The second-order valence-electron chi connectivity index (χ2n) is 5.61. The summed E-state index contributed by atoms with van der Waals surface area (Å²) < 4.78 is 32.9. The molecule has 0 saturated heterocycles. The maximum atomic E-state index is 12.5. The molecule has 0 aliphatic carbocycles. The monoisotopic (exact) mass is 385 g/mol. The summed E-state index contributed by atoms with van der Waals surface area (Å²) in [7, 11) is -3.93. The molecule has 0 amide bonds. The number of nitrogens with one attached hydrogen (secondary N) is 1. The molecule has 9 heteroatoms. The quantitative estimate of drug-likeness (QED) is 0.509. The molecule has 0 spiro atoms. The van der Waals surface area contributed by atoms with Crippen LogP contribution in [0.3, 0.4) is 0 Å². The third-order valence-electron chi connectivity index (χ3n) is 3.63. The largest absolute Gasteiger partial charge is 0.456 e. The van der Waals surface area contributed by atoms with Gasteiger partial charge in [0.25, 0.3) is 15.7 Å². The van der Waals surface area contributed by atoms with Crippen LogP contribution < -0.4 is 9.46 Å². The third kappa shape index (κ3) is 4.39. The van der Waals surface area contributed by atoms with E-state index in [1.807, 2.05) is 18.2 Å². The molecule has 0 bridgehead atoms. The fraction of sp³-hybridized carbons (Fsp3) is 0.0556. The highest BCUT2D eigenvalue weighted by atomic mass is 32.2. The number of pyridine rings is 1. The van der Waals surface area contributed by atoms with Crippen LogP contribution in [0.1, 0.15) is 5.56 Å². The summed E-state index contributed by atoms with van der Waals surface area (Å²) in [5.41, 5.74) is 0.108. The summed E-state index contributed by atoms with van der Waals surface area (Å²) in [6.45, 7) is 1.48. The number of benzene rings is 2. The van der Waals surface area contributed by atoms with E-state index in [1.54, 1.807) is 18.2 Å². The first-order valence-corrected chi connectivity index (χ1v) is 9.30. The number of para-hydroxylation sites is 1. The number of hydrogen-bond acceptors (Lipinski definition) is 6. The average molecular weight is 385 g/mol. The lowest BCUT2D eigenvalue weighted by Gasteiger charge is -2.09. The van der Waals surface area contributed by atoms with Crippen molar-refractivity contribution in [1.82, 2.24) is 4.98 Å². The van der Waals surface area contributed by atoms with Crippen molar-refractivity contribution in [3.05, 3.63) is 82.5 Å². The lowest BCUT2D eigenvalue weighted by molar-refractivity contribution is -0.385. The predicted molar refractivity (Wildman–Crippen MR) is 99.4 cm³/mol. The fourth-order valence-electron chi connectivity index (χ4n) is 2.32. The molecule has 2 aromatic carbocycles. The van der Waals surface area contributed by atoms with Crippen molar-refractivity contribution in [2.24, 2.45) is 0 Å². The zero-order valence-electron chi connectivity index (χ0n) is 14.2. The van der Waals surface area contributed by atoms with Crippen LogP contribution in [-0.2, 0) is 10.0 Å². The van der Waals surface area contributed by atoms with Crippen molar-refractivity contribution in [3.63, 3.8) is 0 Å². The first-order chi connectivity index (χ1) is 12.8. The minimum absolute atomic E-state index is 0.0861. The number of nitro groups is 1. The number of rotatable bonds is 6. The lowest BCUT2D eigenvalue weighted by atomic mass is 10.2. The Morgan fingerprint density at radius 2 is 1.78 bits per heavy atom. The van der Waals surface area contributed by atoms with Crippen molar-refractivity contribution in [2.75, 3.05) is 4.72 Å². The van der Waals surface area contributed by atoms with Crippen molar-refractivity contribution < 1.29 is 18.1 Å². The summed E-state index contributed by atoms with van der Waals surface area (Å²) in [6, 6.07) is 15.7. The first-order valence-electron chi connectivity index (χ1n) is 7.82. The second-order valence-corrected chi connectivity index (χ2v) is 7.29. The molecule has 1 N–H and O–H groups in total. The molecule has 27 heavy (non-hydrogen) atoms. The summed E-state index contributed by atoms with van der Waals surface area (Å²) >= 11 is 0. The number of hydrogen-bond donors (Lipinski definition) is 1. The van der Waals surface area contributed by atoms with Crippen LogP contribution in [0.2, 0.25) is 0 Å². The first kappa shape index (κ1) is 18.3. The number of aromatic nitrogens is 1. The van der Waals surface area contributed by atoms with Crippen molar-refractivity contribution >= 4 is 21.5 Å². The van der Waals surface area contributed by atoms with Gasteiger partial charge in [-0.2, -0.15) is 0 Å². The van der Waals surface area contributed by atoms with Crippen LogP contribution in [0.5, 0.6) is 11.5 Å². The molecule has 0 radical (unpaired) electrons. The third-order valence-corrected chi connectivity index (χ3v) is 4.98. The van der Waals surface area contributed by atoms with E-state index in [4.69, 9.17) is 4.74 Å². The van der Waals surface area contributed by atoms with E-state index in [9.17, 15) is 18.5 Å². The van der Waals surface area contributed by atoms with Crippen molar-refractivity contribution in [1.29, 1.82) is 0 Å². The van der Waals surface area contributed by atoms with Gasteiger partial charge in [-0.1, -0.05) is 18.2 Å². The van der Waals surface area contributed by atoms with Gasteiger partial charge in [-0.15, -0.1) is 0 Å². The molecular weight excluding hydrogens is 370 g/mol. The standard InChI is InChI=1S/C18H15N3O5S/c1-13-11-16(8-9-17(13)21(22)23)27(24,25)20-18-10-7-15(12-19-18)26-14-5-3-2-4-6-14/h2-12H,1H3,(H,19,20). The highest BCUT2D eigenvalue weighted by Gasteiger charge is 2.19. The molecule has 0 aliphatic rings. The number of sulfonamides is 1. The molecule has 138 valence electrons. The topological polar surface area (TPSA) is 111 Å². The summed E-state index contributed by atoms with van der Waals surface area (Å²) in [5, 5.41) is 10.9. The molecule has 0 fully saturated rings. The van der Waals surface area contributed by atoms with Gasteiger partial charge >= 0.3 is 0 Å². The average Bonchev–Trinajstić information content (AvgIpc) is 2.63. The molecular formula is C18H15N3O5S. The molecule has 3 aromatic rings. The number of nitro benzene ring substituents is 1. The van der Waals surface area contributed by atoms with Gasteiger partial charge in [0.15, 0.2) is 0 Å². The van der Waals surface area contributed by atoms with Crippen LogP contribution in [-0.4, -0.2) is 18.3 Å². The number of ether oxygens (including phenoxy) is 1. The maximum Gasteiger partial charge on any atom is 0.272 e. The van der Waals surface area contributed by atoms with E-state index < -0.39 is 14.9 Å². The van der Waals surface area contributed by atoms with Crippen molar-refractivity contribution in [3.8, 4) is 11.5 Å². The van der Waals surface area contributed by atoms with Gasteiger partial charge in [-0.25, -0.2) is 13.4 Å². The Kier molecular flexibility index (Phi) is 5.04. The molecule has 1 aromatic heterocycles. The van der Waals surface area contributed by atoms with E-state index in [0.29, 0.717) is 11.5 Å². The molecule has 1 heterocycles. The van der Waals surface area contributed by atoms with Gasteiger partial charge in [0.2, 0.25) is 0 Å². The van der Waals surface area contributed by atoms with E-state index in [0.717, 1.165) is 6.07 Å². The lowest BCUT2D eigenvalue weighted by Crippen LogP contribution is -2.14. The van der Waals surface area contributed by atoms with E-state index >= 15 is 0 Å². The van der Waals surface area contributed by atoms with Crippen LogP contribution >= 0.6 is 0 Å². The Balaban J connectivity index is 1.76. The van der Waals surface area contributed by atoms with E-state index in [1.165, 1.54) is 31.3 Å². The molecule has 0 unspecified atom stereocenters. The van der Waals surface area contributed by atoms with Crippen LogP contribution in [0.4, 0.5) is 11.5 Å². The molecule has 8 nitrogen and oxygen atoms in total. The maximum absolute atomic E-state index is 12.5. The molecule has 3 rings (SSSR count). The van der Waals surface area contributed by atoms with Gasteiger partial charge in [0.1, 0.15) is 17.3 Å². The number of nitrogens with zero attached hydrogens (tertiary/aromatic N) is 2. The SMILES string of the molecule is Cc1cc(S(=O)(=O)Nc2ccc(Oc3ccccc3)cn2)ccc1[N+](=O)[O-]. The minimum Gasteiger partial charge on any atom is -0.456 e. The Labute approximate surface area is 155 Å². The van der Waals surface area contributed by atoms with E-state index in [2.05, 4.69) is 9.71 Å². The van der Waals surface area contributed by atoms with Gasteiger partial charge in [-0.3, -0.25) is 14.8 Å². The van der Waals surface area contributed by atoms with Gasteiger partial charge in [0, 0.05) is 11.6 Å². The molecule has 0 saturated carbocycles. The molecule has 0 aliphatic heterocycles. The summed E-state index contributed by atoms with van der Waals surface area (Å²) in [5.74, 6) is 1.19. The Bertz CT molecular complexity index is 1070. The smallest absolute Gasteiger partial charge is 0.272 e. The highest BCUT2D eigenvalue weighted by Crippen LogP contribution is 2.24.